The van der Waals surface area contributed by atoms with E-state index in [1.54, 1.807) is 0 Å². The summed E-state index contributed by atoms with van der Waals surface area (Å²) < 4.78 is 0. The zero-order chi connectivity index (χ0) is 12.7. The van der Waals surface area contributed by atoms with Crippen LogP contribution in [0.2, 0.25) is 5.02 Å². The van der Waals surface area contributed by atoms with Gasteiger partial charge < -0.3 is 0 Å². The predicted molar refractivity (Wildman–Crippen MR) is 69.3 cm³/mol. The van der Waals surface area contributed by atoms with Crippen LogP contribution >= 0.6 is 11.6 Å². The van der Waals surface area contributed by atoms with Crippen molar-refractivity contribution in [3.8, 4) is 0 Å². The van der Waals surface area contributed by atoms with Gasteiger partial charge in [0.2, 0.25) is 5.78 Å². The quantitative estimate of drug-likeness (QED) is 0.693. The zero-order valence-electron chi connectivity index (χ0n) is 10.4. The summed E-state index contributed by atoms with van der Waals surface area (Å²) in [6.07, 6.45) is 7.97. The first-order chi connectivity index (χ1) is 8.19. The van der Waals surface area contributed by atoms with Crippen LogP contribution < -0.4 is 0 Å². The van der Waals surface area contributed by atoms with E-state index < -0.39 is 0 Å². The summed E-state index contributed by atoms with van der Waals surface area (Å²) >= 11 is 5.70. The molecule has 0 amide bonds. The predicted octanol–water partition coefficient (Wildman–Crippen LogP) is 3.92. The highest BCUT2D eigenvalue weighted by atomic mass is 35.5. The van der Waals surface area contributed by atoms with Crippen molar-refractivity contribution in [2.45, 2.75) is 46.0 Å². The molecule has 1 aromatic rings. The molecule has 17 heavy (non-hydrogen) atoms. The van der Waals surface area contributed by atoms with E-state index in [4.69, 9.17) is 11.6 Å². The summed E-state index contributed by atoms with van der Waals surface area (Å²) in [7, 11) is 0. The fourth-order valence-electron chi connectivity index (χ4n) is 1.83. The summed E-state index contributed by atoms with van der Waals surface area (Å²) in [4.78, 5) is 20.2. The van der Waals surface area contributed by atoms with Crippen molar-refractivity contribution in [3.05, 3.63) is 23.2 Å². The van der Waals surface area contributed by atoms with Crippen molar-refractivity contribution in [1.82, 2.24) is 9.97 Å². The second-order valence-electron chi connectivity index (χ2n) is 4.22. The minimum absolute atomic E-state index is 0.0527. The van der Waals surface area contributed by atoms with Crippen LogP contribution in [0.25, 0.3) is 0 Å². The van der Waals surface area contributed by atoms with Gasteiger partial charge in [-0.1, -0.05) is 44.7 Å². The lowest BCUT2D eigenvalue weighted by Crippen LogP contribution is -2.17. The third-order valence-electron chi connectivity index (χ3n) is 2.75. The standard InChI is InChI=1S/C13H19ClN2O/c1-3-5-7-10(6-4-2)12(17)13-15-8-11(14)9-16-13/h8-10H,3-7H2,1-2H3. The van der Waals surface area contributed by atoms with Crippen LogP contribution in [-0.2, 0) is 0 Å². The molecule has 1 heterocycles. The van der Waals surface area contributed by atoms with E-state index in [9.17, 15) is 4.79 Å². The number of aromatic nitrogens is 2. The maximum Gasteiger partial charge on any atom is 0.203 e. The van der Waals surface area contributed by atoms with Gasteiger partial charge in [0.1, 0.15) is 0 Å². The molecule has 0 radical (unpaired) electrons. The first-order valence-corrected chi connectivity index (χ1v) is 6.58. The summed E-state index contributed by atoms with van der Waals surface area (Å²) in [5.41, 5.74) is 0. The minimum Gasteiger partial charge on any atom is -0.290 e. The fraction of sp³-hybridized carbons (Fsp3) is 0.615. The van der Waals surface area contributed by atoms with Gasteiger partial charge in [0.25, 0.3) is 0 Å². The first kappa shape index (κ1) is 14.1. The van der Waals surface area contributed by atoms with Crippen LogP contribution in [0.5, 0.6) is 0 Å². The van der Waals surface area contributed by atoms with Gasteiger partial charge in [-0.25, -0.2) is 9.97 Å². The van der Waals surface area contributed by atoms with E-state index in [1.807, 2.05) is 0 Å². The van der Waals surface area contributed by atoms with Crippen molar-refractivity contribution >= 4 is 17.4 Å². The Balaban J connectivity index is 2.72. The number of Topliss-reactive ketones (excluding diaryl/α,β-unsaturated/α-hetero) is 1. The van der Waals surface area contributed by atoms with E-state index in [0.717, 1.165) is 32.1 Å². The van der Waals surface area contributed by atoms with Crippen LogP contribution in [0.3, 0.4) is 0 Å². The van der Waals surface area contributed by atoms with Crippen molar-refractivity contribution < 1.29 is 4.79 Å². The molecule has 0 N–H and O–H groups in total. The summed E-state index contributed by atoms with van der Waals surface area (Å²) in [6.45, 7) is 4.22. The van der Waals surface area contributed by atoms with Crippen LogP contribution in [0, 0.1) is 5.92 Å². The Bertz CT molecular complexity index is 351. The smallest absolute Gasteiger partial charge is 0.203 e. The number of carbonyl (C=O) groups is 1. The number of ketones is 1. The zero-order valence-corrected chi connectivity index (χ0v) is 11.2. The first-order valence-electron chi connectivity index (χ1n) is 6.20. The Kier molecular flexibility index (Phi) is 6.12. The molecular weight excluding hydrogens is 236 g/mol. The maximum atomic E-state index is 12.2. The SMILES string of the molecule is CCCCC(CCC)C(=O)c1ncc(Cl)cn1. The lowest BCUT2D eigenvalue weighted by atomic mass is 9.92. The minimum atomic E-state index is 0.0527. The topological polar surface area (TPSA) is 42.9 Å². The monoisotopic (exact) mass is 254 g/mol. The molecule has 0 aromatic carbocycles. The van der Waals surface area contributed by atoms with Crippen molar-refractivity contribution in [2.75, 3.05) is 0 Å². The van der Waals surface area contributed by atoms with Crippen molar-refractivity contribution in [3.63, 3.8) is 0 Å². The Morgan fingerprint density at radius 3 is 2.41 bits per heavy atom. The molecular formula is C13H19ClN2O. The molecule has 94 valence electrons. The highest BCUT2D eigenvalue weighted by Crippen LogP contribution is 2.19. The van der Waals surface area contributed by atoms with Crippen LogP contribution in [0.1, 0.15) is 56.6 Å². The Morgan fingerprint density at radius 2 is 1.88 bits per heavy atom. The van der Waals surface area contributed by atoms with E-state index in [0.29, 0.717) is 10.8 Å². The molecule has 3 nitrogen and oxygen atoms in total. The summed E-state index contributed by atoms with van der Waals surface area (Å²) in [5, 5.41) is 0.460. The van der Waals surface area contributed by atoms with Gasteiger partial charge in [-0.15, -0.1) is 0 Å². The number of hydrogen-bond acceptors (Lipinski definition) is 3. The van der Waals surface area contributed by atoms with Gasteiger partial charge in [-0.3, -0.25) is 4.79 Å². The number of nitrogens with zero attached hydrogens (tertiary/aromatic N) is 2. The van der Waals surface area contributed by atoms with Crippen molar-refractivity contribution in [2.24, 2.45) is 5.92 Å². The summed E-state index contributed by atoms with van der Waals surface area (Å²) in [5.74, 6) is 0.405. The molecule has 1 aromatic heterocycles. The number of unbranched alkanes of at least 4 members (excludes halogenated alkanes) is 1. The number of carbonyl (C=O) groups excluding carboxylic acids is 1. The molecule has 0 aliphatic rings. The largest absolute Gasteiger partial charge is 0.290 e. The molecule has 0 aliphatic heterocycles. The van der Waals surface area contributed by atoms with E-state index >= 15 is 0 Å². The Morgan fingerprint density at radius 1 is 1.24 bits per heavy atom. The molecule has 0 fully saturated rings. The molecule has 0 aliphatic carbocycles. The van der Waals surface area contributed by atoms with Gasteiger partial charge >= 0.3 is 0 Å². The van der Waals surface area contributed by atoms with Gasteiger partial charge in [-0.2, -0.15) is 0 Å². The molecule has 0 spiro atoms. The fourth-order valence-corrected chi connectivity index (χ4v) is 1.93. The number of rotatable bonds is 7. The van der Waals surface area contributed by atoms with Crippen LogP contribution in [-0.4, -0.2) is 15.8 Å². The third-order valence-corrected chi connectivity index (χ3v) is 2.95. The molecule has 4 heteroatoms. The van der Waals surface area contributed by atoms with Gasteiger partial charge in [0, 0.05) is 18.3 Å². The van der Waals surface area contributed by atoms with E-state index in [2.05, 4.69) is 23.8 Å². The molecule has 0 bridgehead atoms. The highest BCUT2D eigenvalue weighted by molar-refractivity contribution is 6.30. The number of hydrogen-bond donors (Lipinski definition) is 0. The highest BCUT2D eigenvalue weighted by Gasteiger charge is 2.20. The lowest BCUT2D eigenvalue weighted by Gasteiger charge is -2.13. The molecule has 0 saturated carbocycles. The summed E-state index contributed by atoms with van der Waals surface area (Å²) in [6, 6.07) is 0. The van der Waals surface area contributed by atoms with Gasteiger partial charge in [-0.05, 0) is 12.8 Å². The molecule has 1 atom stereocenters. The Hall–Kier alpha value is -0.960. The van der Waals surface area contributed by atoms with Crippen LogP contribution in [0.15, 0.2) is 12.4 Å². The van der Waals surface area contributed by atoms with Crippen LogP contribution in [0.4, 0.5) is 0 Å². The maximum absolute atomic E-state index is 12.2. The average Bonchev–Trinajstić information content (AvgIpc) is 2.34. The second kappa shape index (κ2) is 7.38. The second-order valence-corrected chi connectivity index (χ2v) is 4.65. The lowest BCUT2D eigenvalue weighted by molar-refractivity contribution is 0.0893. The molecule has 0 saturated heterocycles. The van der Waals surface area contributed by atoms with Gasteiger partial charge in [0.15, 0.2) is 5.82 Å². The molecule has 1 rings (SSSR count). The third kappa shape index (κ3) is 4.43. The average molecular weight is 255 g/mol. The van der Waals surface area contributed by atoms with E-state index in [1.165, 1.54) is 12.4 Å². The Labute approximate surface area is 108 Å². The van der Waals surface area contributed by atoms with Gasteiger partial charge in [0.05, 0.1) is 5.02 Å². The van der Waals surface area contributed by atoms with Crippen molar-refractivity contribution in [1.29, 1.82) is 0 Å². The normalized spacial score (nSPS) is 12.4. The van der Waals surface area contributed by atoms with E-state index in [-0.39, 0.29) is 11.7 Å². The number of halogens is 1. The molecule has 1 unspecified atom stereocenters.